The second kappa shape index (κ2) is 10.1. The molecule has 4 rings (SSSR count). The number of halogens is 1. The standard InChI is InChI=1S/C24H23ClN4O2S/c1-16-19-21(29(2)14-10-18-8-12-26-13-9-18)27-24(25)28-22(19)32-20(16)23(30)31-15-11-17-6-4-3-5-7-17/h3-9,12-13H,10-11,14-15H2,1-2H3. The van der Waals surface area contributed by atoms with Crippen molar-refractivity contribution in [1.82, 2.24) is 15.0 Å². The number of likely N-dealkylation sites (N-methyl/N-ethyl adjacent to an activating group) is 1. The molecule has 6 nitrogen and oxygen atoms in total. The molecular formula is C24H23ClN4O2S. The molecule has 0 atom stereocenters. The molecule has 8 heteroatoms. The molecule has 0 amide bonds. The Morgan fingerprint density at radius 1 is 1.06 bits per heavy atom. The van der Waals surface area contributed by atoms with E-state index in [0.717, 1.165) is 29.5 Å². The third-order valence-electron chi connectivity index (χ3n) is 5.24. The van der Waals surface area contributed by atoms with Crippen LogP contribution in [0.15, 0.2) is 54.9 Å². The van der Waals surface area contributed by atoms with Crippen LogP contribution in [-0.4, -0.2) is 41.1 Å². The lowest BCUT2D eigenvalue weighted by Gasteiger charge is -2.19. The average molecular weight is 467 g/mol. The molecule has 0 aliphatic heterocycles. The van der Waals surface area contributed by atoms with Crippen molar-refractivity contribution in [3.05, 3.63) is 81.7 Å². The summed E-state index contributed by atoms with van der Waals surface area (Å²) < 4.78 is 5.55. The van der Waals surface area contributed by atoms with Crippen LogP contribution in [0.25, 0.3) is 10.2 Å². The lowest BCUT2D eigenvalue weighted by molar-refractivity contribution is 0.0514. The molecule has 3 aromatic heterocycles. The maximum absolute atomic E-state index is 12.8. The Morgan fingerprint density at radius 2 is 1.78 bits per heavy atom. The van der Waals surface area contributed by atoms with Crippen molar-refractivity contribution in [3.63, 3.8) is 0 Å². The van der Waals surface area contributed by atoms with E-state index in [9.17, 15) is 4.79 Å². The van der Waals surface area contributed by atoms with Crippen molar-refractivity contribution in [3.8, 4) is 0 Å². The zero-order chi connectivity index (χ0) is 22.5. The first kappa shape index (κ1) is 22.2. The third-order valence-corrected chi connectivity index (χ3v) is 6.58. The molecule has 0 radical (unpaired) electrons. The first-order valence-electron chi connectivity index (χ1n) is 10.3. The minimum Gasteiger partial charge on any atom is -0.461 e. The molecule has 0 bridgehead atoms. The van der Waals surface area contributed by atoms with Gasteiger partial charge < -0.3 is 9.64 Å². The highest BCUT2D eigenvalue weighted by molar-refractivity contribution is 7.20. The largest absolute Gasteiger partial charge is 0.461 e. The molecular weight excluding hydrogens is 444 g/mol. The summed E-state index contributed by atoms with van der Waals surface area (Å²) >= 11 is 7.50. The maximum atomic E-state index is 12.8. The van der Waals surface area contributed by atoms with Crippen molar-refractivity contribution in [2.24, 2.45) is 0 Å². The highest BCUT2D eigenvalue weighted by Gasteiger charge is 2.23. The molecule has 0 N–H and O–H groups in total. The number of fused-ring (bicyclic) bond motifs is 1. The van der Waals surface area contributed by atoms with Crippen LogP contribution >= 0.6 is 22.9 Å². The molecule has 164 valence electrons. The number of benzene rings is 1. The smallest absolute Gasteiger partial charge is 0.348 e. The van der Waals surface area contributed by atoms with Gasteiger partial charge in [-0.1, -0.05) is 30.3 Å². The number of anilines is 1. The van der Waals surface area contributed by atoms with Gasteiger partial charge in [0, 0.05) is 32.4 Å². The summed E-state index contributed by atoms with van der Waals surface area (Å²) in [6.07, 6.45) is 5.08. The summed E-state index contributed by atoms with van der Waals surface area (Å²) in [5.74, 6) is 0.370. The van der Waals surface area contributed by atoms with Crippen molar-refractivity contribution in [2.45, 2.75) is 19.8 Å². The number of pyridine rings is 1. The second-order valence-electron chi connectivity index (χ2n) is 7.45. The highest BCUT2D eigenvalue weighted by Crippen LogP contribution is 2.36. The zero-order valence-electron chi connectivity index (χ0n) is 17.9. The summed E-state index contributed by atoms with van der Waals surface area (Å²) in [6, 6.07) is 13.9. The molecule has 4 aromatic rings. The van der Waals surface area contributed by atoms with Gasteiger partial charge in [-0.15, -0.1) is 11.3 Å². The van der Waals surface area contributed by atoms with Gasteiger partial charge in [0.2, 0.25) is 5.28 Å². The van der Waals surface area contributed by atoms with Crippen LogP contribution < -0.4 is 4.90 Å². The van der Waals surface area contributed by atoms with Crippen LogP contribution in [0.3, 0.4) is 0 Å². The Bertz CT molecular complexity index is 1220. The molecule has 3 heterocycles. The minimum absolute atomic E-state index is 0.161. The van der Waals surface area contributed by atoms with Crippen LogP contribution in [0.2, 0.25) is 5.28 Å². The first-order valence-corrected chi connectivity index (χ1v) is 11.5. The van der Waals surface area contributed by atoms with Crippen molar-refractivity contribution in [2.75, 3.05) is 25.1 Å². The molecule has 0 saturated carbocycles. The van der Waals surface area contributed by atoms with E-state index in [2.05, 4.69) is 15.0 Å². The van der Waals surface area contributed by atoms with Gasteiger partial charge in [-0.2, -0.15) is 4.98 Å². The van der Waals surface area contributed by atoms with E-state index in [1.54, 1.807) is 12.4 Å². The van der Waals surface area contributed by atoms with Crippen molar-refractivity contribution < 1.29 is 9.53 Å². The summed E-state index contributed by atoms with van der Waals surface area (Å²) in [5, 5.41) is 1.00. The minimum atomic E-state index is -0.344. The lowest BCUT2D eigenvalue weighted by atomic mass is 10.1. The van der Waals surface area contributed by atoms with E-state index in [4.69, 9.17) is 16.3 Å². The zero-order valence-corrected chi connectivity index (χ0v) is 19.5. The Hall–Kier alpha value is -3.03. The number of carbonyl (C=O) groups is 1. The molecule has 1 aromatic carbocycles. The first-order chi connectivity index (χ1) is 15.5. The van der Waals surface area contributed by atoms with Crippen molar-refractivity contribution >= 4 is 44.9 Å². The maximum Gasteiger partial charge on any atom is 0.348 e. The molecule has 0 fully saturated rings. The van der Waals surface area contributed by atoms with Gasteiger partial charge in [0.05, 0.1) is 12.0 Å². The van der Waals surface area contributed by atoms with Crippen LogP contribution in [0.4, 0.5) is 5.82 Å². The number of thiophene rings is 1. The number of esters is 1. The summed E-state index contributed by atoms with van der Waals surface area (Å²) in [7, 11) is 1.97. The third kappa shape index (κ3) is 5.06. The van der Waals surface area contributed by atoms with Gasteiger partial charge in [0.25, 0.3) is 0 Å². The number of hydrogen-bond acceptors (Lipinski definition) is 7. The van der Waals surface area contributed by atoms with Gasteiger partial charge in [-0.05, 0) is 53.8 Å². The van der Waals surface area contributed by atoms with E-state index >= 15 is 0 Å². The van der Waals surface area contributed by atoms with Gasteiger partial charge >= 0.3 is 5.97 Å². The molecule has 32 heavy (non-hydrogen) atoms. The summed E-state index contributed by atoms with van der Waals surface area (Å²) in [6.45, 7) is 2.96. The SMILES string of the molecule is Cc1c(C(=O)OCCc2ccccc2)sc2nc(Cl)nc(N(C)CCc3ccncc3)c12. The Labute approximate surface area is 195 Å². The Morgan fingerprint density at radius 3 is 2.53 bits per heavy atom. The fourth-order valence-electron chi connectivity index (χ4n) is 3.49. The van der Waals surface area contributed by atoms with E-state index in [1.807, 2.05) is 61.3 Å². The van der Waals surface area contributed by atoms with E-state index < -0.39 is 0 Å². The number of aromatic nitrogens is 3. The topological polar surface area (TPSA) is 68.2 Å². The number of rotatable bonds is 8. The average Bonchev–Trinajstić information content (AvgIpc) is 3.14. The molecule has 0 spiro atoms. The number of aryl methyl sites for hydroxylation is 1. The van der Waals surface area contributed by atoms with Crippen LogP contribution in [0.5, 0.6) is 0 Å². The molecule has 0 saturated heterocycles. The predicted molar refractivity (Wildman–Crippen MR) is 129 cm³/mol. The van der Waals surface area contributed by atoms with Gasteiger partial charge in [0.15, 0.2) is 0 Å². The Kier molecular flexibility index (Phi) is 6.97. The Balaban J connectivity index is 1.52. The number of carbonyl (C=O) groups excluding carboxylic acids is 1. The molecule has 0 aliphatic carbocycles. The number of ether oxygens (including phenoxy) is 1. The van der Waals surface area contributed by atoms with Gasteiger partial charge in [0.1, 0.15) is 15.5 Å². The van der Waals surface area contributed by atoms with E-state index in [0.29, 0.717) is 28.6 Å². The van der Waals surface area contributed by atoms with Crippen LogP contribution in [-0.2, 0) is 17.6 Å². The van der Waals surface area contributed by atoms with Crippen LogP contribution in [0.1, 0.15) is 26.4 Å². The quantitative estimate of drug-likeness (QED) is 0.265. The molecule has 0 unspecified atom stereocenters. The lowest BCUT2D eigenvalue weighted by Crippen LogP contribution is -2.22. The van der Waals surface area contributed by atoms with Gasteiger partial charge in [-0.25, -0.2) is 9.78 Å². The second-order valence-corrected chi connectivity index (χ2v) is 8.79. The highest BCUT2D eigenvalue weighted by atomic mass is 35.5. The summed E-state index contributed by atoms with van der Waals surface area (Å²) in [4.78, 5) is 28.9. The fourth-order valence-corrected chi connectivity index (χ4v) is 4.77. The van der Waals surface area contributed by atoms with Gasteiger partial charge in [-0.3, -0.25) is 4.98 Å². The fraction of sp³-hybridized carbons (Fsp3) is 0.250. The summed E-state index contributed by atoms with van der Waals surface area (Å²) in [5.41, 5.74) is 3.13. The number of nitrogens with zero attached hydrogens (tertiary/aromatic N) is 4. The monoisotopic (exact) mass is 466 g/mol. The van der Waals surface area contributed by atoms with Crippen molar-refractivity contribution in [1.29, 1.82) is 0 Å². The van der Waals surface area contributed by atoms with E-state index in [1.165, 1.54) is 16.9 Å². The molecule has 0 aliphatic rings. The predicted octanol–water partition coefficient (Wildman–Crippen LogP) is 5.13. The normalized spacial score (nSPS) is 11.0. The number of hydrogen-bond donors (Lipinski definition) is 0. The van der Waals surface area contributed by atoms with E-state index in [-0.39, 0.29) is 11.3 Å². The van der Waals surface area contributed by atoms with Crippen LogP contribution in [0, 0.1) is 6.92 Å².